The van der Waals surface area contributed by atoms with Crippen molar-refractivity contribution in [3.8, 4) is 0 Å². The van der Waals surface area contributed by atoms with Crippen molar-refractivity contribution in [1.29, 1.82) is 0 Å². The van der Waals surface area contributed by atoms with Crippen LogP contribution >= 0.6 is 11.6 Å². The maximum Gasteiger partial charge on any atom is 0.254 e. The lowest BCUT2D eigenvalue weighted by Crippen LogP contribution is -2.45. The summed E-state index contributed by atoms with van der Waals surface area (Å²) in [6, 6.07) is 5.48. The molecule has 4 heteroatoms. The molecule has 0 radical (unpaired) electrons. The van der Waals surface area contributed by atoms with E-state index in [9.17, 15) is 4.79 Å². The van der Waals surface area contributed by atoms with Crippen LogP contribution in [0.4, 0.5) is 0 Å². The molecule has 1 atom stereocenters. The smallest absolute Gasteiger partial charge is 0.254 e. The van der Waals surface area contributed by atoms with E-state index in [1.54, 1.807) is 12.1 Å². The molecule has 0 spiro atoms. The molecule has 0 saturated carbocycles. The molecule has 1 aliphatic heterocycles. The van der Waals surface area contributed by atoms with Gasteiger partial charge in [0, 0.05) is 29.7 Å². The Bertz CT molecular complexity index is 433. The van der Waals surface area contributed by atoms with Crippen LogP contribution in [-0.4, -0.2) is 29.9 Å². The number of nitrogens with zero attached hydrogens (tertiary/aromatic N) is 1. The van der Waals surface area contributed by atoms with Crippen molar-refractivity contribution in [1.82, 2.24) is 4.90 Å². The molecule has 1 aliphatic rings. The first-order valence-electron chi connectivity index (χ1n) is 5.89. The number of aryl methyl sites for hydroxylation is 1. The Morgan fingerprint density at radius 2 is 2.29 bits per heavy atom. The van der Waals surface area contributed by atoms with Crippen LogP contribution in [0.15, 0.2) is 18.2 Å². The lowest BCUT2D eigenvalue weighted by molar-refractivity contribution is 0.0708. The maximum atomic E-state index is 12.3. The van der Waals surface area contributed by atoms with Gasteiger partial charge in [-0.25, -0.2) is 0 Å². The molecule has 1 unspecified atom stereocenters. The highest BCUT2D eigenvalue weighted by atomic mass is 35.5. The third kappa shape index (κ3) is 2.79. The largest absolute Gasteiger partial charge is 0.337 e. The second-order valence-corrected chi connectivity index (χ2v) is 5.05. The van der Waals surface area contributed by atoms with Gasteiger partial charge in [0.05, 0.1) is 0 Å². The molecule has 1 saturated heterocycles. The van der Waals surface area contributed by atoms with Gasteiger partial charge in [-0.1, -0.05) is 11.6 Å². The minimum absolute atomic E-state index is 0.0642. The van der Waals surface area contributed by atoms with E-state index in [0.29, 0.717) is 11.6 Å². The van der Waals surface area contributed by atoms with Crippen molar-refractivity contribution in [3.63, 3.8) is 0 Å². The average molecular weight is 253 g/mol. The summed E-state index contributed by atoms with van der Waals surface area (Å²) >= 11 is 5.89. The van der Waals surface area contributed by atoms with E-state index >= 15 is 0 Å². The number of halogens is 1. The number of carbonyl (C=O) groups is 1. The van der Waals surface area contributed by atoms with Gasteiger partial charge < -0.3 is 10.6 Å². The third-order valence-corrected chi connectivity index (χ3v) is 3.40. The Morgan fingerprint density at radius 1 is 1.53 bits per heavy atom. The molecular formula is C13H17ClN2O. The van der Waals surface area contributed by atoms with Crippen molar-refractivity contribution in [2.75, 3.05) is 13.1 Å². The molecule has 1 aromatic rings. The Balaban J connectivity index is 2.18. The van der Waals surface area contributed by atoms with E-state index in [2.05, 4.69) is 0 Å². The van der Waals surface area contributed by atoms with Crippen LogP contribution in [0.1, 0.15) is 28.8 Å². The minimum atomic E-state index is 0.0642. The van der Waals surface area contributed by atoms with E-state index < -0.39 is 0 Å². The van der Waals surface area contributed by atoms with Gasteiger partial charge in [-0.05, 0) is 43.5 Å². The number of amides is 1. The van der Waals surface area contributed by atoms with Crippen molar-refractivity contribution in [2.45, 2.75) is 25.8 Å². The lowest BCUT2D eigenvalue weighted by Gasteiger charge is -2.31. The van der Waals surface area contributed by atoms with Gasteiger partial charge in [0.1, 0.15) is 0 Å². The van der Waals surface area contributed by atoms with Crippen LogP contribution < -0.4 is 5.73 Å². The zero-order valence-corrected chi connectivity index (χ0v) is 10.7. The summed E-state index contributed by atoms with van der Waals surface area (Å²) in [5.41, 5.74) is 7.53. The molecule has 0 aliphatic carbocycles. The second-order valence-electron chi connectivity index (χ2n) is 4.61. The highest BCUT2D eigenvalue weighted by Crippen LogP contribution is 2.19. The summed E-state index contributed by atoms with van der Waals surface area (Å²) in [6.45, 7) is 3.36. The van der Waals surface area contributed by atoms with Crippen LogP contribution in [0.5, 0.6) is 0 Å². The third-order valence-electron chi connectivity index (χ3n) is 3.16. The number of carbonyl (C=O) groups excluding carboxylic acids is 1. The summed E-state index contributed by atoms with van der Waals surface area (Å²) in [5, 5.41) is 0.661. The first-order chi connectivity index (χ1) is 8.08. The molecule has 1 amide bonds. The quantitative estimate of drug-likeness (QED) is 0.833. The highest BCUT2D eigenvalue weighted by molar-refractivity contribution is 6.30. The number of rotatable bonds is 1. The van der Waals surface area contributed by atoms with Crippen LogP contribution in [0.25, 0.3) is 0 Å². The number of likely N-dealkylation sites (tertiary alicyclic amines) is 1. The Hall–Kier alpha value is -1.06. The molecule has 1 heterocycles. The fourth-order valence-corrected chi connectivity index (χ4v) is 2.46. The Morgan fingerprint density at radius 3 is 2.94 bits per heavy atom. The SMILES string of the molecule is Cc1cc(Cl)ccc1C(=O)N1CCCC(N)C1. The summed E-state index contributed by atoms with van der Waals surface area (Å²) in [4.78, 5) is 14.1. The monoisotopic (exact) mass is 252 g/mol. The van der Waals surface area contributed by atoms with Crippen LogP contribution in [-0.2, 0) is 0 Å². The molecule has 17 heavy (non-hydrogen) atoms. The zero-order chi connectivity index (χ0) is 12.4. The first-order valence-corrected chi connectivity index (χ1v) is 6.26. The fourth-order valence-electron chi connectivity index (χ4n) is 2.23. The fraction of sp³-hybridized carbons (Fsp3) is 0.462. The summed E-state index contributed by atoms with van der Waals surface area (Å²) in [6.07, 6.45) is 1.99. The van der Waals surface area contributed by atoms with Crippen molar-refractivity contribution in [2.24, 2.45) is 5.73 Å². The highest BCUT2D eigenvalue weighted by Gasteiger charge is 2.23. The number of hydrogen-bond donors (Lipinski definition) is 1. The number of hydrogen-bond acceptors (Lipinski definition) is 2. The summed E-state index contributed by atoms with van der Waals surface area (Å²) < 4.78 is 0. The van der Waals surface area contributed by atoms with Crippen LogP contribution in [0.3, 0.4) is 0 Å². The molecule has 1 aromatic carbocycles. The minimum Gasteiger partial charge on any atom is -0.337 e. The summed E-state index contributed by atoms with van der Waals surface area (Å²) in [5.74, 6) is 0.0642. The van der Waals surface area contributed by atoms with Crippen LogP contribution in [0.2, 0.25) is 5.02 Å². The Labute approximate surface area is 107 Å². The van der Waals surface area contributed by atoms with Gasteiger partial charge in [0.2, 0.25) is 0 Å². The van der Waals surface area contributed by atoms with E-state index in [1.165, 1.54) is 0 Å². The van der Waals surface area contributed by atoms with Gasteiger partial charge >= 0.3 is 0 Å². The van der Waals surface area contributed by atoms with E-state index in [1.807, 2.05) is 17.9 Å². The van der Waals surface area contributed by atoms with Crippen LogP contribution in [0, 0.1) is 6.92 Å². The molecule has 2 rings (SSSR count). The van der Waals surface area contributed by atoms with Crippen molar-refractivity contribution >= 4 is 17.5 Å². The van der Waals surface area contributed by atoms with Crippen molar-refractivity contribution < 1.29 is 4.79 Å². The van der Waals surface area contributed by atoms with Gasteiger partial charge in [-0.3, -0.25) is 4.79 Å². The van der Waals surface area contributed by atoms with Crippen molar-refractivity contribution in [3.05, 3.63) is 34.3 Å². The van der Waals surface area contributed by atoms with E-state index in [0.717, 1.165) is 30.5 Å². The predicted octanol–water partition coefficient (Wildman–Crippen LogP) is 2.21. The van der Waals surface area contributed by atoms with Gasteiger partial charge in [-0.15, -0.1) is 0 Å². The normalized spacial score (nSPS) is 20.4. The first kappa shape index (κ1) is 12.4. The number of piperidine rings is 1. The van der Waals surface area contributed by atoms with Gasteiger partial charge in [0.15, 0.2) is 0 Å². The second kappa shape index (κ2) is 5.07. The lowest BCUT2D eigenvalue weighted by atomic mass is 10.0. The summed E-state index contributed by atoms with van der Waals surface area (Å²) in [7, 11) is 0. The number of benzene rings is 1. The standard InChI is InChI=1S/C13H17ClN2O/c1-9-7-10(14)4-5-12(9)13(17)16-6-2-3-11(15)8-16/h4-5,7,11H,2-3,6,8,15H2,1H3. The predicted molar refractivity (Wildman–Crippen MR) is 69.3 cm³/mol. The Kier molecular flexibility index (Phi) is 3.69. The van der Waals surface area contributed by atoms with E-state index in [-0.39, 0.29) is 11.9 Å². The molecule has 1 fully saturated rings. The molecular weight excluding hydrogens is 236 g/mol. The average Bonchev–Trinajstić information content (AvgIpc) is 2.28. The topological polar surface area (TPSA) is 46.3 Å². The molecule has 3 nitrogen and oxygen atoms in total. The molecule has 0 bridgehead atoms. The van der Waals surface area contributed by atoms with E-state index in [4.69, 9.17) is 17.3 Å². The maximum absolute atomic E-state index is 12.3. The molecule has 0 aromatic heterocycles. The molecule has 2 N–H and O–H groups in total. The molecule has 92 valence electrons. The number of nitrogens with two attached hydrogens (primary N) is 1. The van der Waals surface area contributed by atoms with Gasteiger partial charge in [-0.2, -0.15) is 0 Å². The van der Waals surface area contributed by atoms with Gasteiger partial charge in [0.25, 0.3) is 5.91 Å². The zero-order valence-electron chi connectivity index (χ0n) is 9.95.